The molecule has 182 valence electrons. The fourth-order valence-corrected chi connectivity index (χ4v) is 4.94. The molecule has 1 heterocycles. The standard InChI is InChI=1S/C30H28ClN3O2/c1-29(2,20-10-6-5-7-11-20)21-16-22(30(3,4)25-12-8-9-13-28(25)35)18-24(17-21)33-32-26-19-23(31)14-15-27(26)34(33)36/h5-19,35H,1-4H3. The zero-order valence-corrected chi connectivity index (χ0v) is 21.5. The highest BCUT2D eigenvalue weighted by molar-refractivity contribution is 6.31. The Morgan fingerprint density at radius 3 is 2.11 bits per heavy atom. The number of hydrogen-bond acceptors (Lipinski definition) is 3. The Balaban J connectivity index is 1.77. The molecule has 0 atom stereocenters. The van der Waals surface area contributed by atoms with Gasteiger partial charge in [-0.2, -0.15) is 0 Å². The topological polar surface area (TPSA) is 65.0 Å². The van der Waals surface area contributed by atoms with Crippen LogP contribution < -0.4 is 4.85 Å². The van der Waals surface area contributed by atoms with Gasteiger partial charge in [0, 0.05) is 27.5 Å². The zero-order valence-electron chi connectivity index (χ0n) is 20.7. The number of halogens is 1. The van der Waals surface area contributed by atoms with Crippen molar-refractivity contribution in [1.29, 1.82) is 0 Å². The van der Waals surface area contributed by atoms with E-state index in [0.717, 1.165) is 27.1 Å². The predicted octanol–water partition coefficient (Wildman–Crippen LogP) is 6.67. The number of phenolic OH excluding ortho intramolecular Hbond substituents is 1. The van der Waals surface area contributed by atoms with Crippen molar-refractivity contribution in [2.24, 2.45) is 0 Å². The zero-order chi connectivity index (χ0) is 25.7. The number of nitrogens with zero attached hydrogens (tertiary/aromatic N) is 3. The molecular weight excluding hydrogens is 470 g/mol. The maximum atomic E-state index is 13.3. The van der Waals surface area contributed by atoms with E-state index in [9.17, 15) is 10.3 Å². The van der Waals surface area contributed by atoms with E-state index >= 15 is 0 Å². The molecule has 0 spiro atoms. The van der Waals surface area contributed by atoms with Crippen molar-refractivity contribution in [2.75, 3.05) is 0 Å². The first-order chi connectivity index (χ1) is 17.1. The molecule has 5 rings (SSSR count). The summed E-state index contributed by atoms with van der Waals surface area (Å²) in [5.74, 6) is 0.232. The fourth-order valence-electron chi connectivity index (χ4n) is 4.77. The van der Waals surface area contributed by atoms with E-state index in [0.29, 0.717) is 21.7 Å². The molecule has 0 aliphatic rings. The summed E-state index contributed by atoms with van der Waals surface area (Å²) in [6.07, 6.45) is 0. The van der Waals surface area contributed by atoms with Gasteiger partial charge < -0.3 is 10.3 Å². The van der Waals surface area contributed by atoms with Gasteiger partial charge in [-0.25, -0.2) is 0 Å². The molecule has 6 heteroatoms. The molecule has 0 fully saturated rings. The number of benzene rings is 4. The summed E-state index contributed by atoms with van der Waals surface area (Å²) in [5.41, 5.74) is 4.63. The molecule has 4 aromatic carbocycles. The highest BCUT2D eigenvalue weighted by atomic mass is 35.5. The number of aromatic hydroxyl groups is 1. The lowest BCUT2D eigenvalue weighted by atomic mass is 9.73. The number of para-hydroxylation sites is 1. The van der Waals surface area contributed by atoms with Gasteiger partial charge in [-0.15, -0.1) is 4.85 Å². The van der Waals surface area contributed by atoms with Gasteiger partial charge in [-0.3, -0.25) is 0 Å². The van der Waals surface area contributed by atoms with Crippen molar-refractivity contribution in [3.63, 3.8) is 0 Å². The number of aromatic nitrogens is 3. The van der Waals surface area contributed by atoms with Crippen LogP contribution in [-0.2, 0) is 10.8 Å². The maximum absolute atomic E-state index is 13.3. The Hall–Kier alpha value is -3.83. The van der Waals surface area contributed by atoms with Gasteiger partial charge in [0.25, 0.3) is 5.52 Å². The first kappa shape index (κ1) is 23.9. The van der Waals surface area contributed by atoms with Gasteiger partial charge in [-0.1, -0.05) is 93.9 Å². The van der Waals surface area contributed by atoms with Gasteiger partial charge in [0.05, 0.1) is 5.10 Å². The number of rotatable bonds is 5. The average molecular weight is 498 g/mol. The van der Waals surface area contributed by atoms with Crippen molar-refractivity contribution >= 4 is 22.6 Å². The van der Waals surface area contributed by atoms with Gasteiger partial charge in [0.2, 0.25) is 5.52 Å². The van der Waals surface area contributed by atoms with Gasteiger partial charge >= 0.3 is 0 Å². The molecule has 0 saturated carbocycles. The van der Waals surface area contributed by atoms with E-state index < -0.39 is 5.41 Å². The van der Waals surface area contributed by atoms with Crippen LogP contribution in [-0.4, -0.2) is 15.0 Å². The molecule has 36 heavy (non-hydrogen) atoms. The normalized spacial score (nSPS) is 12.2. The van der Waals surface area contributed by atoms with Crippen LogP contribution in [0.15, 0.2) is 91.0 Å². The summed E-state index contributed by atoms with van der Waals surface area (Å²) < 4.78 is 0. The van der Waals surface area contributed by atoms with Crippen LogP contribution in [0.4, 0.5) is 0 Å². The quantitative estimate of drug-likeness (QED) is 0.218. The summed E-state index contributed by atoms with van der Waals surface area (Å²) >= 11 is 6.16. The van der Waals surface area contributed by atoms with Crippen molar-refractivity contribution in [2.45, 2.75) is 38.5 Å². The first-order valence-corrected chi connectivity index (χ1v) is 12.3. The van der Waals surface area contributed by atoms with E-state index in [1.807, 2.05) is 48.5 Å². The Morgan fingerprint density at radius 2 is 1.42 bits per heavy atom. The van der Waals surface area contributed by atoms with Crippen LogP contribution in [0.1, 0.15) is 49.9 Å². The molecular formula is C30H28ClN3O2. The third-order valence-corrected chi connectivity index (χ3v) is 7.42. The van der Waals surface area contributed by atoms with E-state index in [4.69, 9.17) is 11.6 Å². The second-order valence-electron chi connectivity index (χ2n) is 10.2. The third kappa shape index (κ3) is 3.99. The molecule has 0 aliphatic heterocycles. The lowest BCUT2D eigenvalue weighted by Crippen LogP contribution is -2.37. The van der Waals surface area contributed by atoms with Gasteiger partial charge in [0.15, 0.2) is 0 Å². The molecule has 0 radical (unpaired) electrons. The Labute approximate surface area is 215 Å². The van der Waals surface area contributed by atoms with Crippen LogP contribution >= 0.6 is 11.6 Å². The molecule has 0 saturated heterocycles. The molecule has 1 aromatic heterocycles. The third-order valence-electron chi connectivity index (χ3n) is 7.18. The van der Waals surface area contributed by atoms with E-state index in [2.05, 4.69) is 51.0 Å². The molecule has 0 bridgehead atoms. The van der Waals surface area contributed by atoms with Gasteiger partial charge in [0.1, 0.15) is 11.4 Å². The molecule has 5 aromatic rings. The minimum Gasteiger partial charge on any atom is -0.692 e. The van der Waals surface area contributed by atoms with Crippen molar-refractivity contribution in [1.82, 2.24) is 9.90 Å². The molecule has 0 amide bonds. The molecule has 0 unspecified atom stereocenters. The lowest BCUT2D eigenvalue weighted by molar-refractivity contribution is -0.664. The fraction of sp³-hybridized carbons (Fsp3) is 0.200. The van der Waals surface area contributed by atoms with Crippen LogP contribution in [0.3, 0.4) is 0 Å². The van der Waals surface area contributed by atoms with E-state index in [1.54, 1.807) is 24.3 Å². The number of hydrogen-bond donors (Lipinski definition) is 1. The molecule has 5 nitrogen and oxygen atoms in total. The number of fused-ring (bicyclic) bond motifs is 1. The minimum absolute atomic E-state index is 0.232. The second-order valence-corrected chi connectivity index (χ2v) is 10.6. The Morgan fingerprint density at radius 1 is 0.778 bits per heavy atom. The summed E-state index contributed by atoms with van der Waals surface area (Å²) in [6.45, 7) is 8.49. The Kier molecular flexibility index (Phi) is 5.76. The number of phenols is 1. The monoisotopic (exact) mass is 497 g/mol. The van der Waals surface area contributed by atoms with E-state index in [1.165, 1.54) is 4.80 Å². The maximum Gasteiger partial charge on any atom is 0.251 e. The minimum atomic E-state index is -0.549. The summed E-state index contributed by atoms with van der Waals surface area (Å²) in [5, 5.41) is 29.1. The predicted molar refractivity (Wildman–Crippen MR) is 144 cm³/mol. The van der Waals surface area contributed by atoms with Crippen molar-refractivity contribution in [3.8, 4) is 11.4 Å². The lowest BCUT2D eigenvalue weighted by Gasteiger charge is -2.31. The van der Waals surface area contributed by atoms with E-state index in [-0.39, 0.29) is 11.2 Å². The largest absolute Gasteiger partial charge is 0.692 e. The second kappa shape index (κ2) is 8.68. The highest BCUT2D eigenvalue weighted by Gasteiger charge is 2.31. The summed E-state index contributed by atoms with van der Waals surface area (Å²) in [6, 6.07) is 28.9. The first-order valence-electron chi connectivity index (χ1n) is 11.9. The average Bonchev–Trinajstić information content (AvgIpc) is 3.19. The van der Waals surface area contributed by atoms with Crippen LogP contribution in [0.25, 0.3) is 16.7 Å². The Bertz CT molecular complexity index is 1570. The SMILES string of the molecule is CC(C)(c1ccccc1)c1cc(-n2nc3cc(Cl)ccc3[n+]2[O-])cc(C(C)(C)c2ccccc2O)c1. The van der Waals surface area contributed by atoms with Crippen LogP contribution in [0.2, 0.25) is 5.02 Å². The van der Waals surface area contributed by atoms with Crippen molar-refractivity contribution in [3.05, 3.63) is 123 Å². The molecule has 0 aliphatic carbocycles. The van der Waals surface area contributed by atoms with Gasteiger partial charge in [-0.05, 0) is 51.8 Å². The van der Waals surface area contributed by atoms with Crippen LogP contribution in [0, 0.1) is 5.21 Å². The van der Waals surface area contributed by atoms with Crippen molar-refractivity contribution < 1.29 is 9.95 Å². The molecule has 1 N–H and O–H groups in total. The highest BCUT2D eigenvalue weighted by Crippen LogP contribution is 2.40. The smallest absolute Gasteiger partial charge is 0.251 e. The van der Waals surface area contributed by atoms with Crippen LogP contribution in [0.5, 0.6) is 5.75 Å². The summed E-state index contributed by atoms with van der Waals surface area (Å²) in [4.78, 5) is 2.16. The summed E-state index contributed by atoms with van der Waals surface area (Å²) in [7, 11) is 0.